The van der Waals surface area contributed by atoms with Crippen LogP contribution in [0.3, 0.4) is 0 Å². The van der Waals surface area contributed by atoms with Crippen molar-refractivity contribution in [3.8, 4) is 11.8 Å². The zero-order chi connectivity index (χ0) is 31.7. The van der Waals surface area contributed by atoms with Gasteiger partial charge in [0.1, 0.15) is 11.9 Å². The van der Waals surface area contributed by atoms with E-state index in [-0.39, 0.29) is 34.6 Å². The first-order valence-corrected chi connectivity index (χ1v) is 14.9. The van der Waals surface area contributed by atoms with Gasteiger partial charge in [0.2, 0.25) is 5.95 Å². The van der Waals surface area contributed by atoms with Gasteiger partial charge in [-0.05, 0) is 59.5 Å². The van der Waals surface area contributed by atoms with Crippen LogP contribution >= 0.6 is 0 Å². The van der Waals surface area contributed by atoms with E-state index in [1.165, 1.54) is 7.11 Å². The fourth-order valence-electron chi connectivity index (χ4n) is 5.96. The summed E-state index contributed by atoms with van der Waals surface area (Å²) in [6, 6.07) is 18.6. The van der Waals surface area contributed by atoms with E-state index in [9.17, 15) is 15.3 Å². The second-order valence-corrected chi connectivity index (χ2v) is 12.3. The van der Waals surface area contributed by atoms with Crippen LogP contribution in [0.25, 0.3) is 10.8 Å². The van der Waals surface area contributed by atoms with E-state index in [1.807, 2.05) is 57.2 Å². The Balaban J connectivity index is 1.30. The fourth-order valence-corrected chi connectivity index (χ4v) is 5.96. The topological polar surface area (TPSA) is 145 Å². The lowest BCUT2D eigenvalue weighted by Gasteiger charge is -2.32. The summed E-state index contributed by atoms with van der Waals surface area (Å²) in [5.74, 6) is 0.855. The summed E-state index contributed by atoms with van der Waals surface area (Å²) in [5, 5.41) is 31.0. The number of hydrogen-bond donors (Lipinski definition) is 3. The first-order valence-electron chi connectivity index (χ1n) is 14.9. The molecule has 2 atom stereocenters. The molecule has 1 aromatic heterocycles. The second kappa shape index (κ2) is 12.1. The molecule has 2 aliphatic heterocycles. The van der Waals surface area contributed by atoms with Gasteiger partial charge in [0, 0.05) is 35.9 Å². The average Bonchev–Trinajstić information content (AvgIpc) is 3.38. The third-order valence-electron chi connectivity index (χ3n) is 8.25. The van der Waals surface area contributed by atoms with Crippen LogP contribution in [-0.4, -0.2) is 59.2 Å². The quantitative estimate of drug-likeness (QED) is 0.136. The summed E-state index contributed by atoms with van der Waals surface area (Å²) in [4.78, 5) is 25.1. The highest BCUT2D eigenvalue weighted by molar-refractivity contribution is 6.50. The predicted molar refractivity (Wildman–Crippen MR) is 173 cm³/mol. The number of oxime groups is 1. The number of amides is 1. The maximum Gasteiger partial charge on any atom is 0.278 e. The van der Waals surface area contributed by atoms with Crippen LogP contribution in [0.15, 0.2) is 65.9 Å². The van der Waals surface area contributed by atoms with Crippen molar-refractivity contribution in [2.24, 2.45) is 5.16 Å². The molecule has 2 saturated heterocycles. The van der Waals surface area contributed by atoms with E-state index in [0.717, 1.165) is 42.6 Å². The molecule has 6 rings (SSSR count). The monoisotopic (exact) mass is 605 g/mol. The summed E-state index contributed by atoms with van der Waals surface area (Å²) in [6.45, 7) is 7.58. The van der Waals surface area contributed by atoms with Gasteiger partial charge in [0.15, 0.2) is 11.5 Å². The van der Waals surface area contributed by atoms with Gasteiger partial charge in [-0.1, -0.05) is 50.2 Å². The highest BCUT2D eigenvalue weighted by Gasteiger charge is 2.34. The summed E-state index contributed by atoms with van der Waals surface area (Å²) >= 11 is 0. The molecule has 0 aliphatic carbocycles. The number of morpholine rings is 1. The largest absolute Gasteiger partial charge is 0.493 e. The summed E-state index contributed by atoms with van der Waals surface area (Å²) in [5.41, 5.74) is 2.14. The number of methoxy groups -OCH3 is 1. The lowest BCUT2D eigenvalue weighted by atomic mass is 9.85. The molecular formula is C34H35N7O4. The first kappa shape index (κ1) is 29.8. The van der Waals surface area contributed by atoms with Gasteiger partial charge >= 0.3 is 0 Å². The molecular weight excluding hydrogens is 570 g/mol. The van der Waals surface area contributed by atoms with E-state index < -0.39 is 5.91 Å². The lowest BCUT2D eigenvalue weighted by Crippen LogP contribution is -2.43. The number of ether oxygens (including phenoxy) is 2. The van der Waals surface area contributed by atoms with Gasteiger partial charge in [0.25, 0.3) is 5.91 Å². The predicted octanol–water partition coefficient (Wildman–Crippen LogP) is 5.74. The van der Waals surface area contributed by atoms with Crippen molar-refractivity contribution in [1.29, 1.82) is 5.26 Å². The molecule has 11 nitrogen and oxygen atoms in total. The summed E-state index contributed by atoms with van der Waals surface area (Å²) in [7, 11) is 1.44. The molecule has 4 aromatic rings. The standard InChI is InChI=1S/C34H35N7O4/c1-34(2,3)21-15-20(17-35)31(44-4)28(16-21)38-32(42)30(40-43)26-11-12-27(25-8-6-5-7-24(25)26)37-29-13-14-36-33(39-29)41-18-22-9-10-23(19-41)45-22/h5-8,11-16,22-23,43H,9-10,18-19H2,1-4H3,(H,38,42)(H,36,37,39)/b40-30-. The van der Waals surface area contributed by atoms with Crippen LogP contribution in [0.5, 0.6) is 5.75 Å². The van der Waals surface area contributed by atoms with Gasteiger partial charge in [-0.25, -0.2) is 4.98 Å². The van der Waals surface area contributed by atoms with Crippen molar-refractivity contribution in [2.45, 2.75) is 51.2 Å². The molecule has 2 aliphatic rings. The molecule has 0 saturated carbocycles. The molecule has 2 fully saturated rings. The maximum atomic E-state index is 13.6. The fraction of sp³-hybridized carbons (Fsp3) is 0.324. The first-order chi connectivity index (χ1) is 21.7. The molecule has 45 heavy (non-hydrogen) atoms. The SMILES string of the molecule is COc1c(C#N)cc(C(C)(C)C)cc1NC(=O)/C(=N\O)c1ccc(Nc2ccnc(N3CC4CCC(C3)O4)n2)c2ccccc12. The molecule has 2 unspecified atom stereocenters. The van der Waals surface area contributed by atoms with E-state index in [4.69, 9.17) is 14.5 Å². The Morgan fingerprint density at radius 3 is 2.49 bits per heavy atom. The number of nitriles is 1. The van der Waals surface area contributed by atoms with Crippen LogP contribution in [0.2, 0.25) is 0 Å². The average molecular weight is 606 g/mol. The van der Waals surface area contributed by atoms with Crippen molar-refractivity contribution >= 4 is 45.5 Å². The third-order valence-corrected chi connectivity index (χ3v) is 8.25. The van der Waals surface area contributed by atoms with Crippen molar-refractivity contribution < 1.29 is 19.5 Å². The van der Waals surface area contributed by atoms with E-state index in [1.54, 1.807) is 24.4 Å². The van der Waals surface area contributed by atoms with Gasteiger partial charge in [-0.15, -0.1) is 0 Å². The molecule has 230 valence electrons. The Morgan fingerprint density at radius 1 is 1.09 bits per heavy atom. The Labute approximate surface area is 261 Å². The smallest absolute Gasteiger partial charge is 0.278 e. The number of nitrogens with one attached hydrogen (secondary N) is 2. The molecule has 0 radical (unpaired) electrons. The van der Waals surface area contributed by atoms with Gasteiger partial charge in [-0.2, -0.15) is 10.2 Å². The van der Waals surface area contributed by atoms with Crippen LogP contribution in [-0.2, 0) is 14.9 Å². The number of benzene rings is 3. The van der Waals surface area contributed by atoms with Crippen LogP contribution < -0.4 is 20.3 Å². The zero-order valence-electron chi connectivity index (χ0n) is 25.7. The number of carbonyl (C=O) groups is 1. The number of carbonyl (C=O) groups excluding carboxylic acids is 1. The van der Waals surface area contributed by atoms with E-state index in [0.29, 0.717) is 28.4 Å². The summed E-state index contributed by atoms with van der Waals surface area (Å²) in [6.07, 6.45) is 4.30. The van der Waals surface area contributed by atoms with Crippen molar-refractivity contribution in [3.05, 3.63) is 77.5 Å². The molecule has 11 heteroatoms. The van der Waals surface area contributed by atoms with E-state index >= 15 is 0 Å². The number of aromatic nitrogens is 2. The second-order valence-electron chi connectivity index (χ2n) is 12.3. The van der Waals surface area contributed by atoms with Gasteiger partial charge in [0.05, 0.1) is 30.6 Å². The number of hydrogen-bond acceptors (Lipinski definition) is 10. The van der Waals surface area contributed by atoms with Crippen LogP contribution in [0.4, 0.5) is 23.1 Å². The summed E-state index contributed by atoms with van der Waals surface area (Å²) < 4.78 is 11.5. The molecule has 3 N–H and O–H groups in total. The Bertz CT molecular complexity index is 1830. The van der Waals surface area contributed by atoms with Crippen molar-refractivity contribution in [3.63, 3.8) is 0 Å². The van der Waals surface area contributed by atoms with Crippen molar-refractivity contribution in [2.75, 3.05) is 35.7 Å². The number of nitrogens with zero attached hydrogens (tertiary/aromatic N) is 5. The Hall–Kier alpha value is -5.21. The van der Waals surface area contributed by atoms with Crippen LogP contribution in [0, 0.1) is 11.3 Å². The normalized spacial score (nSPS) is 18.0. The number of fused-ring (bicyclic) bond motifs is 3. The zero-order valence-corrected chi connectivity index (χ0v) is 25.7. The molecule has 2 bridgehead atoms. The minimum atomic E-state index is -0.656. The third kappa shape index (κ3) is 5.97. The Morgan fingerprint density at radius 2 is 1.82 bits per heavy atom. The highest BCUT2D eigenvalue weighted by Crippen LogP contribution is 2.36. The van der Waals surface area contributed by atoms with Gasteiger partial charge in [-0.3, -0.25) is 4.79 Å². The molecule has 1 amide bonds. The van der Waals surface area contributed by atoms with Crippen LogP contribution in [0.1, 0.15) is 50.3 Å². The van der Waals surface area contributed by atoms with Crippen molar-refractivity contribution in [1.82, 2.24) is 9.97 Å². The number of rotatable bonds is 7. The molecule has 0 spiro atoms. The van der Waals surface area contributed by atoms with E-state index in [2.05, 4.69) is 31.7 Å². The minimum absolute atomic E-state index is 0.189. The molecule has 3 heterocycles. The highest BCUT2D eigenvalue weighted by atomic mass is 16.5. The molecule has 3 aromatic carbocycles. The van der Waals surface area contributed by atoms with Gasteiger partial charge < -0.3 is 30.2 Å². The lowest BCUT2D eigenvalue weighted by molar-refractivity contribution is -0.110. The maximum absolute atomic E-state index is 13.6. The Kier molecular flexibility index (Phi) is 7.99. The number of anilines is 4. The minimum Gasteiger partial charge on any atom is -0.493 e.